The number of fused-ring (bicyclic) bond motifs is 1. The number of nitrogens with one attached hydrogen (secondary N) is 2. The number of halogens is 2. The zero-order valence-corrected chi connectivity index (χ0v) is 26.6. The molecule has 2 N–H and O–H groups in total. The predicted molar refractivity (Wildman–Crippen MR) is 173 cm³/mol. The van der Waals surface area contributed by atoms with Crippen molar-refractivity contribution < 1.29 is 17.5 Å². The normalized spacial score (nSPS) is 12.0. The van der Waals surface area contributed by atoms with Crippen LogP contribution in [0.5, 0.6) is 5.75 Å². The van der Waals surface area contributed by atoms with Crippen molar-refractivity contribution in [3.05, 3.63) is 87.8 Å². The molecule has 0 amide bonds. The van der Waals surface area contributed by atoms with Gasteiger partial charge in [0.15, 0.2) is 0 Å². The van der Waals surface area contributed by atoms with Gasteiger partial charge in [-0.1, -0.05) is 44.5 Å². The molecule has 0 aliphatic carbocycles. The van der Waals surface area contributed by atoms with Crippen LogP contribution in [0.1, 0.15) is 50.2 Å². The van der Waals surface area contributed by atoms with Crippen molar-refractivity contribution in [1.29, 1.82) is 0 Å². The largest absolute Gasteiger partial charge is 0.487 e. The first kappa shape index (κ1) is 31.5. The van der Waals surface area contributed by atoms with Crippen molar-refractivity contribution in [1.82, 2.24) is 25.3 Å². The second-order valence-corrected chi connectivity index (χ2v) is 12.7. The molecule has 3 heterocycles. The van der Waals surface area contributed by atoms with Crippen molar-refractivity contribution in [3.8, 4) is 17.1 Å². The van der Waals surface area contributed by atoms with Crippen LogP contribution in [0.15, 0.2) is 66.4 Å². The van der Waals surface area contributed by atoms with Gasteiger partial charge in [0, 0.05) is 16.5 Å². The summed E-state index contributed by atoms with van der Waals surface area (Å²) in [7, 11) is -2.33. The van der Waals surface area contributed by atoms with E-state index < -0.39 is 10.3 Å². The Hall–Kier alpha value is -3.97. The van der Waals surface area contributed by atoms with Crippen molar-refractivity contribution >= 4 is 60.6 Å². The molecule has 0 spiro atoms. The van der Waals surface area contributed by atoms with E-state index in [0.717, 1.165) is 10.4 Å². The van der Waals surface area contributed by atoms with Crippen LogP contribution in [0.3, 0.4) is 0 Å². The van der Waals surface area contributed by atoms with Crippen molar-refractivity contribution in [2.24, 2.45) is 5.92 Å². The number of thiazole rings is 1. The molecule has 5 rings (SSSR count). The predicted octanol–water partition coefficient (Wildman–Crippen LogP) is 7.36. The van der Waals surface area contributed by atoms with Gasteiger partial charge < -0.3 is 10.1 Å². The second kappa shape index (κ2) is 14.2. The van der Waals surface area contributed by atoms with Crippen molar-refractivity contribution in [2.45, 2.75) is 46.3 Å². The number of anilines is 2. The van der Waals surface area contributed by atoms with Gasteiger partial charge in [0.1, 0.15) is 40.3 Å². The van der Waals surface area contributed by atoms with Crippen LogP contribution in [0.2, 0.25) is 5.02 Å². The van der Waals surface area contributed by atoms with E-state index in [4.69, 9.17) is 21.3 Å². The lowest BCUT2D eigenvalue weighted by Crippen LogP contribution is -2.29. The first-order chi connectivity index (χ1) is 21.2. The number of nitrogens with zero attached hydrogens (tertiary/aromatic N) is 4. The SMILES string of the molecule is CCC(NC(CC(C)C)=S(=O)=O)c1nc(-c2cc3c(Nc4ccc(OCc5cccc(F)c5)c(Cl)c4)ncnc3cn2)cs1. The highest BCUT2D eigenvalue weighted by Gasteiger charge is 2.19. The van der Waals surface area contributed by atoms with Crippen LogP contribution in [0, 0.1) is 11.7 Å². The first-order valence-corrected chi connectivity index (χ1v) is 16.3. The van der Waals surface area contributed by atoms with E-state index in [1.54, 1.807) is 30.5 Å². The fourth-order valence-corrected chi connectivity index (χ4v) is 6.35. The minimum absolute atomic E-state index is 0.180. The van der Waals surface area contributed by atoms with Gasteiger partial charge in [-0.25, -0.2) is 19.3 Å². The Balaban J connectivity index is 1.35. The van der Waals surface area contributed by atoms with Gasteiger partial charge >= 0.3 is 0 Å². The van der Waals surface area contributed by atoms with Gasteiger partial charge in [-0.15, -0.1) is 11.3 Å². The molecule has 0 aliphatic heterocycles. The molecule has 9 nitrogen and oxygen atoms in total. The Bertz CT molecular complexity index is 1930. The molecule has 0 saturated heterocycles. The number of hydrogen-bond acceptors (Lipinski definition) is 9. The molecule has 13 heteroatoms. The molecule has 2 aromatic carbocycles. The molecule has 0 fully saturated rings. The second-order valence-electron chi connectivity index (χ2n) is 10.4. The standard InChI is InChI=1S/C31H30ClFN6O3S2/c1-4-24(38-29(44(40)41)10-18(2)3)31-39-27(16-43-31)25-13-22-26(14-34-25)35-17-36-30(22)37-21-8-9-28(23(32)12-21)42-15-19-6-5-7-20(33)11-19/h5-9,11-14,16-18,24,38H,4,10,15H2,1-3H3,(H,35,36,37). The zero-order chi connectivity index (χ0) is 31.2. The van der Waals surface area contributed by atoms with Crippen molar-refractivity contribution in [2.75, 3.05) is 5.32 Å². The molecule has 1 atom stereocenters. The van der Waals surface area contributed by atoms with Crippen LogP contribution >= 0.6 is 22.9 Å². The van der Waals surface area contributed by atoms with Crippen molar-refractivity contribution in [3.63, 3.8) is 0 Å². The number of ether oxygens (including phenoxy) is 1. The summed E-state index contributed by atoms with van der Waals surface area (Å²) in [6, 6.07) is 13.1. The van der Waals surface area contributed by atoms with E-state index in [1.165, 1.54) is 29.8 Å². The molecule has 1 unspecified atom stereocenters. The highest BCUT2D eigenvalue weighted by molar-refractivity contribution is 7.72. The van der Waals surface area contributed by atoms with Crippen LogP contribution in [-0.4, -0.2) is 33.3 Å². The molecular formula is C31H30ClFN6O3S2. The maximum atomic E-state index is 13.5. The van der Waals surface area contributed by atoms with Gasteiger partial charge in [-0.2, -0.15) is 8.42 Å². The van der Waals surface area contributed by atoms with Crippen LogP contribution in [0.25, 0.3) is 22.3 Å². The third-order valence-corrected chi connectivity index (χ3v) is 8.56. The van der Waals surface area contributed by atoms with E-state index in [-0.39, 0.29) is 29.4 Å². The highest BCUT2D eigenvalue weighted by Crippen LogP contribution is 2.33. The number of rotatable bonds is 11. The molecule has 0 bridgehead atoms. The molecule has 0 saturated carbocycles. The Kier molecular flexibility index (Phi) is 10.2. The van der Waals surface area contributed by atoms with Gasteiger partial charge in [-0.05, 0) is 60.7 Å². The first-order valence-electron chi connectivity index (χ1n) is 13.9. The molecule has 228 valence electrons. The molecular weight excluding hydrogens is 623 g/mol. The molecule has 3 aromatic heterocycles. The third kappa shape index (κ3) is 7.75. The maximum Gasteiger partial charge on any atom is 0.228 e. The smallest absolute Gasteiger partial charge is 0.228 e. The molecule has 44 heavy (non-hydrogen) atoms. The summed E-state index contributed by atoms with van der Waals surface area (Å²) in [5.41, 5.74) is 3.32. The number of aromatic nitrogens is 4. The lowest BCUT2D eigenvalue weighted by Gasteiger charge is -2.15. The Morgan fingerprint density at radius 3 is 2.66 bits per heavy atom. The van der Waals surface area contributed by atoms with Gasteiger partial charge in [0.05, 0.1) is 34.2 Å². The minimum Gasteiger partial charge on any atom is -0.487 e. The number of hydrogen-bond donors (Lipinski definition) is 2. The fraction of sp³-hybridized carbons (Fsp3) is 0.258. The Morgan fingerprint density at radius 1 is 1.09 bits per heavy atom. The minimum atomic E-state index is -2.33. The average molecular weight is 653 g/mol. The topological polar surface area (TPSA) is 119 Å². The summed E-state index contributed by atoms with van der Waals surface area (Å²) >= 11 is 7.95. The summed E-state index contributed by atoms with van der Waals surface area (Å²) in [6.07, 6.45) is 4.21. The monoisotopic (exact) mass is 652 g/mol. The summed E-state index contributed by atoms with van der Waals surface area (Å²) in [5, 5.41) is 10.3. The fourth-order valence-electron chi connectivity index (χ4n) is 4.46. The van der Waals surface area contributed by atoms with E-state index in [9.17, 15) is 12.8 Å². The van der Waals surface area contributed by atoms with E-state index in [0.29, 0.717) is 57.6 Å². The lowest BCUT2D eigenvalue weighted by molar-refractivity contribution is 0.306. The van der Waals surface area contributed by atoms with Crippen LogP contribution in [0.4, 0.5) is 15.9 Å². The Labute approximate surface area is 265 Å². The van der Waals surface area contributed by atoms with Gasteiger partial charge in [0.2, 0.25) is 10.3 Å². The van der Waals surface area contributed by atoms with Crippen LogP contribution in [-0.2, 0) is 16.9 Å². The van der Waals surface area contributed by atoms with Crippen LogP contribution < -0.4 is 15.4 Å². The number of pyridine rings is 1. The molecule has 0 aliphatic rings. The summed E-state index contributed by atoms with van der Waals surface area (Å²) < 4.78 is 42.9. The third-order valence-electron chi connectivity index (χ3n) is 6.62. The molecule has 0 radical (unpaired) electrons. The quantitative estimate of drug-likeness (QED) is 0.141. The average Bonchev–Trinajstić information content (AvgIpc) is 3.49. The summed E-state index contributed by atoms with van der Waals surface area (Å²) in [5.74, 6) is 0.891. The van der Waals surface area contributed by atoms with E-state index in [2.05, 4.69) is 25.6 Å². The van der Waals surface area contributed by atoms with Gasteiger partial charge in [0.25, 0.3) is 0 Å². The highest BCUT2D eigenvalue weighted by atomic mass is 35.5. The lowest BCUT2D eigenvalue weighted by atomic mass is 10.1. The zero-order valence-electron chi connectivity index (χ0n) is 24.2. The summed E-state index contributed by atoms with van der Waals surface area (Å²) in [4.78, 5) is 18.4. The number of benzene rings is 2. The summed E-state index contributed by atoms with van der Waals surface area (Å²) in [6.45, 7) is 6.12. The van der Waals surface area contributed by atoms with E-state index >= 15 is 0 Å². The Morgan fingerprint density at radius 2 is 1.93 bits per heavy atom. The van der Waals surface area contributed by atoms with Gasteiger partial charge in [-0.3, -0.25) is 10.3 Å². The molecule has 5 aromatic rings. The maximum absolute atomic E-state index is 13.5. The van der Waals surface area contributed by atoms with E-state index in [1.807, 2.05) is 38.3 Å².